The SMILES string of the molecule is CCCNCCCc1nnc(-c2cc(C)ccc2C)o1. The van der Waals surface area contributed by atoms with Crippen molar-refractivity contribution in [3.63, 3.8) is 0 Å². The number of nitrogens with zero attached hydrogens (tertiary/aromatic N) is 2. The monoisotopic (exact) mass is 273 g/mol. The summed E-state index contributed by atoms with van der Waals surface area (Å²) < 4.78 is 5.76. The predicted molar refractivity (Wildman–Crippen MR) is 80.7 cm³/mol. The number of nitrogens with one attached hydrogen (secondary N) is 1. The van der Waals surface area contributed by atoms with Crippen molar-refractivity contribution < 1.29 is 4.42 Å². The van der Waals surface area contributed by atoms with Gasteiger partial charge in [0, 0.05) is 12.0 Å². The highest BCUT2D eigenvalue weighted by atomic mass is 16.4. The van der Waals surface area contributed by atoms with E-state index in [4.69, 9.17) is 4.42 Å². The van der Waals surface area contributed by atoms with E-state index >= 15 is 0 Å². The summed E-state index contributed by atoms with van der Waals surface area (Å²) in [6.07, 6.45) is 3.01. The number of aryl methyl sites for hydroxylation is 3. The summed E-state index contributed by atoms with van der Waals surface area (Å²) in [6, 6.07) is 6.27. The molecule has 1 N–H and O–H groups in total. The van der Waals surface area contributed by atoms with Gasteiger partial charge in [-0.2, -0.15) is 0 Å². The fourth-order valence-corrected chi connectivity index (χ4v) is 2.10. The predicted octanol–water partition coefficient (Wildman–Crippen LogP) is 3.29. The van der Waals surface area contributed by atoms with E-state index in [2.05, 4.69) is 54.5 Å². The van der Waals surface area contributed by atoms with Gasteiger partial charge in [-0.3, -0.25) is 0 Å². The lowest BCUT2D eigenvalue weighted by molar-refractivity contribution is 0.491. The largest absolute Gasteiger partial charge is 0.421 e. The average molecular weight is 273 g/mol. The zero-order valence-corrected chi connectivity index (χ0v) is 12.6. The molecule has 0 saturated carbocycles. The molecular formula is C16H23N3O. The van der Waals surface area contributed by atoms with Crippen molar-refractivity contribution in [3.05, 3.63) is 35.2 Å². The first kappa shape index (κ1) is 14.7. The van der Waals surface area contributed by atoms with E-state index in [1.807, 2.05) is 0 Å². The standard InChI is InChI=1S/C16H23N3O/c1-4-9-17-10-5-6-15-18-19-16(20-15)14-11-12(2)7-8-13(14)3/h7-8,11,17H,4-6,9-10H2,1-3H3. The lowest BCUT2D eigenvalue weighted by atomic mass is 10.1. The molecule has 0 amide bonds. The fourth-order valence-electron chi connectivity index (χ4n) is 2.10. The maximum atomic E-state index is 5.76. The Hall–Kier alpha value is -1.68. The zero-order chi connectivity index (χ0) is 14.4. The van der Waals surface area contributed by atoms with Crippen LogP contribution in [-0.2, 0) is 6.42 Å². The van der Waals surface area contributed by atoms with Crippen LogP contribution in [-0.4, -0.2) is 23.3 Å². The molecule has 0 radical (unpaired) electrons. The molecular weight excluding hydrogens is 250 g/mol. The Balaban J connectivity index is 1.96. The van der Waals surface area contributed by atoms with Crippen molar-refractivity contribution >= 4 is 0 Å². The third-order valence-corrected chi connectivity index (χ3v) is 3.26. The molecule has 0 aliphatic carbocycles. The smallest absolute Gasteiger partial charge is 0.248 e. The van der Waals surface area contributed by atoms with Crippen LogP contribution in [0.15, 0.2) is 22.6 Å². The summed E-state index contributed by atoms with van der Waals surface area (Å²) in [5, 5.41) is 11.7. The van der Waals surface area contributed by atoms with Gasteiger partial charge in [-0.1, -0.05) is 24.6 Å². The van der Waals surface area contributed by atoms with Gasteiger partial charge in [-0.15, -0.1) is 10.2 Å². The second-order valence-corrected chi connectivity index (χ2v) is 5.17. The Bertz CT molecular complexity index is 548. The molecule has 1 heterocycles. The molecule has 0 aliphatic heterocycles. The molecule has 2 rings (SSSR count). The molecule has 1 aromatic heterocycles. The van der Waals surface area contributed by atoms with Crippen LogP contribution in [0.5, 0.6) is 0 Å². The van der Waals surface area contributed by atoms with Gasteiger partial charge in [0.1, 0.15) is 0 Å². The summed E-state index contributed by atoms with van der Waals surface area (Å²) in [7, 11) is 0. The molecule has 0 spiro atoms. The van der Waals surface area contributed by atoms with E-state index in [1.165, 1.54) is 5.56 Å². The molecule has 0 atom stereocenters. The maximum absolute atomic E-state index is 5.76. The van der Waals surface area contributed by atoms with E-state index in [1.54, 1.807) is 0 Å². The van der Waals surface area contributed by atoms with Crippen molar-refractivity contribution in [2.45, 2.75) is 40.0 Å². The van der Waals surface area contributed by atoms with E-state index in [-0.39, 0.29) is 0 Å². The van der Waals surface area contributed by atoms with Gasteiger partial charge in [0.15, 0.2) is 0 Å². The van der Waals surface area contributed by atoms with Gasteiger partial charge in [-0.05, 0) is 51.4 Å². The van der Waals surface area contributed by atoms with Crippen LogP contribution < -0.4 is 5.32 Å². The Labute approximate surface area is 120 Å². The lowest BCUT2D eigenvalue weighted by Crippen LogP contribution is -2.16. The summed E-state index contributed by atoms with van der Waals surface area (Å²) >= 11 is 0. The van der Waals surface area contributed by atoms with Crippen molar-refractivity contribution in [3.8, 4) is 11.5 Å². The minimum atomic E-state index is 0.628. The first-order valence-electron chi connectivity index (χ1n) is 7.31. The Morgan fingerprint density at radius 2 is 2.00 bits per heavy atom. The van der Waals surface area contributed by atoms with Crippen LogP contribution in [0.4, 0.5) is 0 Å². The molecule has 0 saturated heterocycles. The zero-order valence-electron chi connectivity index (χ0n) is 12.6. The highest BCUT2D eigenvalue weighted by Gasteiger charge is 2.10. The fraction of sp³-hybridized carbons (Fsp3) is 0.500. The van der Waals surface area contributed by atoms with Crippen LogP contribution >= 0.6 is 0 Å². The van der Waals surface area contributed by atoms with Crippen LogP contribution in [0.3, 0.4) is 0 Å². The molecule has 4 nitrogen and oxygen atoms in total. The molecule has 4 heteroatoms. The van der Waals surface area contributed by atoms with Crippen LogP contribution in [0.25, 0.3) is 11.5 Å². The van der Waals surface area contributed by atoms with Crippen molar-refractivity contribution in [1.82, 2.24) is 15.5 Å². The van der Waals surface area contributed by atoms with Crippen molar-refractivity contribution in [1.29, 1.82) is 0 Å². The second-order valence-electron chi connectivity index (χ2n) is 5.17. The minimum Gasteiger partial charge on any atom is -0.421 e. The van der Waals surface area contributed by atoms with E-state index in [0.29, 0.717) is 5.89 Å². The second kappa shape index (κ2) is 7.20. The molecule has 1 aromatic carbocycles. The summed E-state index contributed by atoms with van der Waals surface area (Å²) in [4.78, 5) is 0. The molecule has 20 heavy (non-hydrogen) atoms. The van der Waals surface area contributed by atoms with Crippen molar-refractivity contribution in [2.24, 2.45) is 0 Å². The summed E-state index contributed by atoms with van der Waals surface area (Å²) in [5.74, 6) is 1.35. The maximum Gasteiger partial charge on any atom is 0.248 e. The summed E-state index contributed by atoms with van der Waals surface area (Å²) in [6.45, 7) is 8.36. The van der Waals surface area contributed by atoms with Gasteiger partial charge >= 0.3 is 0 Å². The highest BCUT2D eigenvalue weighted by Crippen LogP contribution is 2.23. The first-order valence-corrected chi connectivity index (χ1v) is 7.31. The van der Waals surface area contributed by atoms with Crippen LogP contribution in [0.1, 0.15) is 36.8 Å². The Kier molecular flexibility index (Phi) is 5.30. The molecule has 2 aromatic rings. The third-order valence-electron chi connectivity index (χ3n) is 3.26. The van der Waals surface area contributed by atoms with Crippen LogP contribution in [0.2, 0.25) is 0 Å². The first-order chi connectivity index (χ1) is 9.70. The molecule has 0 fully saturated rings. The third kappa shape index (κ3) is 3.90. The number of aromatic nitrogens is 2. The van der Waals surface area contributed by atoms with Gasteiger partial charge in [0.2, 0.25) is 11.8 Å². The molecule has 0 bridgehead atoms. The van der Waals surface area contributed by atoms with E-state index in [9.17, 15) is 0 Å². The number of hydrogen-bond acceptors (Lipinski definition) is 4. The lowest BCUT2D eigenvalue weighted by Gasteiger charge is -2.02. The van der Waals surface area contributed by atoms with Crippen molar-refractivity contribution in [2.75, 3.05) is 13.1 Å². The minimum absolute atomic E-state index is 0.628. The molecule has 0 unspecified atom stereocenters. The van der Waals surface area contributed by atoms with Gasteiger partial charge in [0.25, 0.3) is 0 Å². The van der Waals surface area contributed by atoms with E-state index in [0.717, 1.165) is 49.4 Å². The normalized spacial score (nSPS) is 10.9. The number of benzene rings is 1. The van der Waals surface area contributed by atoms with E-state index < -0.39 is 0 Å². The van der Waals surface area contributed by atoms with Gasteiger partial charge < -0.3 is 9.73 Å². The number of hydrogen-bond donors (Lipinski definition) is 1. The molecule has 108 valence electrons. The average Bonchev–Trinajstić information content (AvgIpc) is 2.90. The summed E-state index contributed by atoms with van der Waals surface area (Å²) in [5.41, 5.74) is 3.40. The molecule has 0 aliphatic rings. The Morgan fingerprint density at radius 3 is 2.80 bits per heavy atom. The van der Waals surface area contributed by atoms with Gasteiger partial charge in [-0.25, -0.2) is 0 Å². The van der Waals surface area contributed by atoms with Gasteiger partial charge in [0.05, 0.1) is 0 Å². The highest BCUT2D eigenvalue weighted by molar-refractivity contribution is 5.59. The van der Waals surface area contributed by atoms with Crippen LogP contribution in [0, 0.1) is 13.8 Å². The quantitative estimate of drug-likeness (QED) is 0.786. The Morgan fingerprint density at radius 1 is 1.15 bits per heavy atom. The number of rotatable bonds is 7. The topological polar surface area (TPSA) is 51.0 Å².